The van der Waals surface area contributed by atoms with Gasteiger partial charge in [-0.3, -0.25) is 4.99 Å². The fourth-order valence-corrected chi connectivity index (χ4v) is 6.26. The number of benzene rings is 5. The van der Waals surface area contributed by atoms with Gasteiger partial charge in [0, 0.05) is 28.9 Å². The van der Waals surface area contributed by atoms with Gasteiger partial charge in [-0.05, 0) is 71.5 Å². The first-order chi connectivity index (χ1) is 20.1. The molecule has 0 amide bonds. The van der Waals surface area contributed by atoms with Gasteiger partial charge < -0.3 is 10.1 Å². The van der Waals surface area contributed by atoms with Crippen LogP contribution in [0.4, 0.5) is 15.8 Å². The average Bonchev–Trinajstić information content (AvgIpc) is 3.50. The summed E-state index contributed by atoms with van der Waals surface area (Å²) >= 11 is 0. The summed E-state index contributed by atoms with van der Waals surface area (Å²) in [5, 5.41) is 5.97. The van der Waals surface area contributed by atoms with Crippen LogP contribution in [-0.4, -0.2) is 6.21 Å². The van der Waals surface area contributed by atoms with Crippen LogP contribution in [0.25, 0.3) is 10.8 Å². The molecule has 0 spiro atoms. The number of hydrogen-bond acceptors (Lipinski definition) is 3. The number of hydrogen-bond donors (Lipinski definition) is 1. The van der Waals surface area contributed by atoms with Gasteiger partial charge in [-0.1, -0.05) is 90.5 Å². The van der Waals surface area contributed by atoms with E-state index in [0.29, 0.717) is 23.1 Å². The molecule has 3 atom stereocenters. The van der Waals surface area contributed by atoms with Crippen molar-refractivity contribution in [1.29, 1.82) is 0 Å². The van der Waals surface area contributed by atoms with Crippen molar-refractivity contribution >= 4 is 28.4 Å². The zero-order chi connectivity index (χ0) is 27.8. The number of halogens is 1. The molecular formula is C37H31FN2O. The fourth-order valence-electron chi connectivity index (χ4n) is 6.26. The molecule has 1 aliphatic heterocycles. The van der Waals surface area contributed by atoms with E-state index in [0.717, 1.165) is 28.4 Å². The van der Waals surface area contributed by atoms with E-state index in [2.05, 4.69) is 79.0 Å². The summed E-state index contributed by atoms with van der Waals surface area (Å²) in [6.07, 6.45) is 7.65. The zero-order valence-electron chi connectivity index (χ0n) is 22.9. The molecular weight excluding hydrogens is 507 g/mol. The molecule has 0 unspecified atom stereocenters. The Morgan fingerprint density at radius 1 is 0.927 bits per heavy atom. The summed E-state index contributed by atoms with van der Waals surface area (Å²) in [6, 6.07) is 34.4. The lowest BCUT2D eigenvalue weighted by molar-refractivity contribution is 0.300. The molecule has 0 fully saturated rings. The smallest absolute Gasteiger partial charge is 0.129 e. The van der Waals surface area contributed by atoms with E-state index in [1.807, 2.05) is 36.5 Å². The van der Waals surface area contributed by atoms with Crippen molar-refractivity contribution < 1.29 is 9.13 Å². The average molecular weight is 539 g/mol. The maximum absolute atomic E-state index is 14.2. The Labute approximate surface area is 240 Å². The second-order valence-corrected chi connectivity index (χ2v) is 11.0. The number of fused-ring (bicyclic) bond motifs is 4. The number of rotatable bonds is 6. The van der Waals surface area contributed by atoms with Crippen LogP contribution in [0.1, 0.15) is 46.2 Å². The standard InChI is InChI=1S/C37H31FN2O/c1-24-13-19-35-32(21-24)30-10-6-11-31(30)37(40-35)26-14-17-28(18-15-26)39-22-33-29-9-4-2-7-25(29)16-20-36(33)41-23-27-8-3-5-12-34(27)38/h2-10,12-22,30-31,37,40H,11,23H2,1H3/t30-,31+,37+/m1/s1. The minimum Gasteiger partial charge on any atom is -0.488 e. The molecule has 3 nitrogen and oxygen atoms in total. The predicted octanol–water partition coefficient (Wildman–Crippen LogP) is 9.44. The van der Waals surface area contributed by atoms with E-state index < -0.39 is 0 Å². The van der Waals surface area contributed by atoms with Gasteiger partial charge in [0.2, 0.25) is 0 Å². The molecule has 5 aromatic carbocycles. The van der Waals surface area contributed by atoms with Crippen LogP contribution >= 0.6 is 0 Å². The molecule has 0 saturated heterocycles. The number of anilines is 1. The molecule has 1 aliphatic carbocycles. The maximum Gasteiger partial charge on any atom is 0.129 e. The summed E-state index contributed by atoms with van der Waals surface area (Å²) in [6.45, 7) is 2.31. The van der Waals surface area contributed by atoms with Crippen molar-refractivity contribution in [1.82, 2.24) is 0 Å². The van der Waals surface area contributed by atoms with E-state index in [1.165, 1.54) is 28.4 Å². The summed E-state index contributed by atoms with van der Waals surface area (Å²) < 4.78 is 20.4. The number of nitrogens with one attached hydrogen (secondary N) is 1. The number of nitrogens with zero attached hydrogens (tertiary/aromatic N) is 1. The van der Waals surface area contributed by atoms with E-state index in [4.69, 9.17) is 9.73 Å². The number of ether oxygens (including phenoxy) is 1. The summed E-state index contributed by atoms with van der Waals surface area (Å²) in [5.74, 6) is 1.35. The summed E-state index contributed by atoms with van der Waals surface area (Å²) in [7, 11) is 0. The first-order valence-corrected chi connectivity index (χ1v) is 14.2. The molecule has 7 rings (SSSR count). The van der Waals surface area contributed by atoms with Crippen molar-refractivity contribution in [3.05, 3.63) is 149 Å². The third kappa shape index (κ3) is 4.91. The Morgan fingerprint density at radius 2 is 1.76 bits per heavy atom. The van der Waals surface area contributed by atoms with Gasteiger partial charge in [-0.15, -0.1) is 0 Å². The van der Waals surface area contributed by atoms with E-state index in [9.17, 15) is 4.39 Å². The highest BCUT2D eigenvalue weighted by Crippen LogP contribution is 2.50. The van der Waals surface area contributed by atoms with Crippen LogP contribution in [-0.2, 0) is 6.61 Å². The van der Waals surface area contributed by atoms with Crippen LogP contribution in [0.2, 0.25) is 0 Å². The highest BCUT2D eigenvalue weighted by Gasteiger charge is 2.37. The lowest BCUT2D eigenvalue weighted by Crippen LogP contribution is -2.29. The second-order valence-electron chi connectivity index (χ2n) is 11.0. The van der Waals surface area contributed by atoms with Gasteiger partial charge in [0.15, 0.2) is 0 Å². The minimum atomic E-state index is -0.269. The number of allylic oxidation sites excluding steroid dienone is 2. The molecule has 1 N–H and O–H groups in total. The molecule has 0 bridgehead atoms. The van der Waals surface area contributed by atoms with Crippen molar-refractivity contribution in [2.24, 2.45) is 10.9 Å². The quantitative estimate of drug-likeness (QED) is 0.173. The Morgan fingerprint density at radius 3 is 2.63 bits per heavy atom. The molecule has 202 valence electrons. The van der Waals surface area contributed by atoms with Crippen LogP contribution in [0.15, 0.2) is 120 Å². The van der Waals surface area contributed by atoms with E-state index in [-0.39, 0.29) is 18.5 Å². The summed E-state index contributed by atoms with van der Waals surface area (Å²) in [5.41, 5.74) is 7.48. The SMILES string of the molecule is Cc1ccc2c(c1)[C@@H]1C=CC[C@@H]1[C@H](c1ccc(N=Cc3c(OCc4ccccc4F)ccc4ccccc34)cc1)N2. The van der Waals surface area contributed by atoms with Gasteiger partial charge in [-0.25, -0.2) is 4.39 Å². The largest absolute Gasteiger partial charge is 0.488 e. The van der Waals surface area contributed by atoms with Crippen LogP contribution < -0.4 is 10.1 Å². The molecule has 0 saturated carbocycles. The normalized spacial score (nSPS) is 19.2. The molecule has 0 radical (unpaired) electrons. The number of aryl methyl sites for hydroxylation is 1. The zero-order valence-corrected chi connectivity index (χ0v) is 22.9. The van der Waals surface area contributed by atoms with Gasteiger partial charge in [0.05, 0.1) is 11.7 Å². The molecule has 41 heavy (non-hydrogen) atoms. The van der Waals surface area contributed by atoms with Crippen molar-refractivity contribution in [2.75, 3.05) is 5.32 Å². The molecule has 1 heterocycles. The van der Waals surface area contributed by atoms with Crippen molar-refractivity contribution in [3.8, 4) is 5.75 Å². The van der Waals surface area contributed by atoms with E-state index >= 15 is 0 Å². The minimum absolute atomic E-state index is 0.147. The van der Waals surface area contributed by atoms with E-state index in [1.54, 1.807) is 12.1 Å². The van der Waals surface area contributed by atoms with Gasteiger partial charge in [0.1, 0.15) is 18.2 Å². The van der Waals surface area contributed by atoms with Gasteiger partial charge >= 0.3 is 0 Å². The third-order valence-electron chi connectivity index (χ3n) is 8.38. The first kappa shape index (κ1) is 25.3. The van der Waals surface area contributed by atoms with Crippen LogP contribution in [0.3, 0.4) is 0 Å². The summed E-state index contributed by atoms with van der Waals surface area (Å²) in [4.78, 5) is 4.85. The second kappa shape index (κ2) is 10.7. The molecule has 0 aromatic heterocycles. The number of aliphatic imine (C=N–C) groups is 1. The Bertz CT molecular complexity index is 1790. The Kier molecular flexibility index (Phi) is 6.60. The monoisotopic (exact) mass is 538 g/mol. The third-order valence-corrected chi connectivity index (χ3v) is 8.38. The van der Waals surface area contributed by atoms with Gasteiger partial charge in [-0.2, -0.15) is 0 Å². The van der Waals surface area contributed by atoms with Crippen LogP contribution in [0, 0.1) is 18.7 Å². The molecule has 2 aliphatic rings. The highest BCUT2D eigenvalue weighted by atomic mass is 19.1. The van der Waals surface area contributed by atoms with Crippen molar-refractivity contribution in [2.45, 2.75) is 31.9 Å². The Hall–Kier alpha value is -4.70. The highest BCUT2D eigenvalue weighted by molar-refractivity contribution is 6.03. The molecule has 5 aromatic rings. The topological polar surface area (TPSA) is 33.6 Å². The first-order valence-electron chi connectivity index (χ1n) is 14.2. The lowest BCUT2D eigenvalue weighted by Gasteiger charge is -2.37. The Balaban J connectivity index is 1.16. The fraction of sp³-hybridized carbons (Fsp3) is 0.162. The van der Waals surface area contributed by atoms with Gasteiger partial charge in [0.25, 0.3) is 0 Å². The predicted molar refractivity (Wildman–Crippen MR) is 166 cm³/mol. The van der Waals surface area contributed by atoms with Crippen molar-refractivity contribution in [3.63, 3.8) is 0 Å². The van der Waals surface area contributed by atoms with Crippen LogP contribution in [0.5, 0.6) is 5.75 Å². The maximum atomic E-state index is 14.2. The lowest BCUT2D eigenvalue weighted by atomic mass is 9.76. The molecule has 4 heteroatoms.